The number of carbonyl (C=O) groups is 1. The second-order valence-electron chi connectivity index (χ2n) is 5.43. The molecule has 120 valence electrons. The standard InChI is InChI=1S/C17H14N4O2S/c1-21(17-19-12-4-2-3-5-15(12)24-17)16(22)14-10-13(20-23-14)11-6-8-18-9-7-11/h2-9,14H,10H2,1H3/t14-/m0/s1. The third-order valence-corrected chi connectivity index (χ3v) is 4.97. The normalized spacial score (nSPS) is 16.7. The second-order valence-corrected chi connectivity index (χ2v) is 6.44. The van der Waals surface area contributed by atoms with Gasteiger partial charge in [-0.05, 0) is 24.3 Å². The SMILES string of the molecule is CN(C(=O)[C@@H]1CC(c2ccncc2)=NO1)c1nc2ccccc2s1. The van der Waals surface area contributed by atoms with Crippen LogP contribution in [0.3, 0.4) is 0 Å². The van der Waals surface area contributed by atoms with Crippen LogP contribution in [0, 0.1) is 0 Å². The van der Waals surface area contributed by atoms with Crippen molar-refractivity contribution in [1.82, 2.24) is 9.97 Å². The average Bonchev–Trinajstić information content (AvgIpc) is 3.28. The number of anilines is 1. The molecule has 0 aliphatic carbocycles. The Morgan fingerprint density at radius 1 is 1.25 bits per heavy atom. The van der Waals surface area contributed by atoms with Crippen molar-refractivity contribution in [2.24, 2.45) is 5.16 Å². The Kier molecular flexibility index (Phi) is 3.70. The lowest BCUT2D eigenvalue weighted by Crippen LogP contribution is -2.36. The van der Waals surface area contributed by atoms with Gasteiger partial charge in [0.2, 0.25) is 6.10 Å². The maximum absolute atomic E-state index is 12.7. The first-order valence-electron chi connectivity index (χ1n) is 7.48. The Bertz CT molecular complexity index is 889. The van der Waals surface area contributed by atoms with E-state index in [1.54, 1.807) is 24.3 Å². The summed E-state index contributed by atoms with van der Waals surface area (Å²) in [5.41, 5.74) is 2.56. The topological polar surface area (TPSA) is 67.7 Å². The molecule has 1 aliphatic rings. The van der Waals surface area contributed by atoms with E-state index in [9.17, 15) is 4.79 Å². The van der Waals surface area contributed by atoms with Crippen LogP contribution in [0.1, 0.15) is 12.0 Å². The molecule has 1 aliphatic heterocycles. The van der Waals surface area contributed by atoms with Gasteiger partial charge in [-0.15, -0.1) is 0 Å². The number of fused-ring (bicyclic) bond motifs is 1. The molecule has 24 heavy (non-hydrogen) atoms. The van der Waals surface area contributed by atoms with Gasteiger partial charge >= 0.3 is 0 Å². The van der Waals surface area contributed by atoms with Crippen LogP contribution in [0.25, 0.3) is 10.2 Å². The number of oxime groups is 1. The fraction of sp³-hybridized carbons (Fsp3) is 0.176. The first kappa shape index (κ1) is 14.8. The van der Waals surface area contributed by atoms with Crippen molar-refractivity contribution in [2.45, 2.75) is 12.5 Å². The first-order valence-corrected chi connectivity index (χ1v) is 8.30. The molecule has 6 nitrogen and oxygen atoms in total. The second kappa shape index (κ2) is 6.01. The summed E-state index contributed by atoms with van der Waals surface area (Å²) in [6.07, 6.45) is 3.21. The van der Waals surface area contributed by atoms with Crippen LogP contribution in [-0.4, -0.2) is 34.7 Å². The van der Waals surface area contributed by atoms with Crippen LogP contribution >= 0.6 is 11.3 Å². The molecule has 2 aromatic heterocycles. The Balaban J connectivity index is 1.50. The van der Waals surface area contributed by atoms with E-state index in [2.05, 4.69) is 15.1 Å². The van der Waals surface area contributed by atoms with E-state index in [0.717, 1.165) is 21.5 Å². The van der Waals surface area contributed by atoms with Crippen LogP contribution in [0.2, 0.25) is 0 Å². The highest BCUT2D eigenvalue weighted by Gasteiger charge is 2.32. The summed E-state index contributed by atoms with van der Waals surface area (Å²) in [6.45, 7) is 0. The molecular weight excluding hydrogens is 324 g/mol. The van der Waals surface area contributed by atoms with Crippen LogP contribution in [0.4, 0.5) is 5.13 Å². The Hall–Kier alpha value is -2.80. The lowest BCUT2D eigenvalue weighted by Gasteiger charge is -2.16. The average molecular weight is 338 g/mol. The highest BCUT2D eigenvalue weighted by molar-refractivity contribution is 7.22. The van der Waals surface area contributed by atoms with Gasteiger partial charge in [0.15, 0.2) is 5.13 Å². The molecule has 0 N–H and O–H groups in total. The van der Waals surface area contributed by atoms with Gasteiger partial charge in [0.25, 0.3) is 5.91 Å². The largest absolute Gasteiger partial charge is 0.382 e. The summed E-state index contributed by atoms with van der Waals surface area (Å²) < 4.78 is 1.05. The van der Waals surface area contributed by atoms with Crippen LogP contribution in [0.15, 0.2) is 53.9 Å². The van der Waals surface area contributed by atoms with Gasteiger partial charge in [-0.3, -0.25) is 14.7 Å². The third-order valence-electron chi connectivity index (χ3n) is 3.86. The number of nitrogens with zero attached hydrogens (tertiary/aromatic N) is 4. The van der Waals surface area contributed by atoms with Gasteiger partial charge in [-0.1, -0.05) is 28.6 Å². The maximum Gasteiger partial charge on any atom is 0.272 e. The minimum Gasteiger partial charge on any atom is -0.382 e. The van der Waals surface area contributed by atoms with Crippen molar-refractivity contribution >= 4 is 38.3 Å². The summed E-state index contributed by atoms with van der Waals surface area (Å²) in [5.74, 6) is -0.151. The number of pyridine rings is 1. The molecule has 0 saturated carbocycles. The van der Waals surface area contributed by atoms with Crippen molar-refractivity contribution in [3.8, 4) is 0 Å². The minimum atomic E-state index is -0.620. The highest BCUT2D eigenvalue weighted by atomic mass is 32.1. The van der Waals surface area contributed by atoms with Crippen molar-refractivity contribution in [2.75, 3.05) is 11.9 Å². The number of para-hydroxylation sites is 1. The number of benzene rings is 1. The van der Waals surface area contributed by atoms with E-state index in [4.69, 9.17) is 4.84 Å². The smallest absolute Gasteiger partial charge is 0.272 e. The summed E-state index contributed by atoms with van der Waals surface area (Å²) in [7, 11) is 1.72. The zero-order valence-corrected chi connectivity index (χ0v) is 13.7. The molecule has 3 heterocycles. The number of rotatable bonds is 3. The van der Waals surface area contributed by atoms with E-state index in [1.807, 2.05) is 36.4 Å². The lowest BCUT2D eigenvalue weighted by molar-refractivity contribution is -0.128. The fourth-order valence-electron chi connectivity index (χ4n) is 2.54. The summed E-state index contributed by atoms with van der Waals surface area (Å²) in [5, 5.41) is 4.71. The monoisotopic (exact) mass is 338 g/mol. The van der Waals surface area contributed by atoms with Crippen LogP contribution in [0.5, 0.6) is 0 Å². The molecule has 0 bridgehead atoms. The molecular formula is C17H14N4O2S. The van der Waals surface area contributed by atoms with Crippen LogP contribution < -0.4 is 4.90 Å². The summed E-state index contributed by atoms with van der Waals surface area (Å²) >= 11 is 1.48. The number of amides is 1. The number of thiazole rings is 1. The van der Waals surface area contributed by atoms with Gasteiger partial charge in [0.05, 0.1) is 15.9 Å². The first-order chi connectivity index (χ1) is 11.7. The molecule has 0 spiro atoms. The Labute approximate surface area is 142 Å². The highest BCUT2D eigenvalue weighted by Crippen LogP contribution is 2.29. The maximum atomic E-state index is 12.7. The van der Waals surface area contributed by atoms with E-state index in [1.165, 1.54) is 11.3 Å². The van der Waals surface area contributed by atoms with Crippen LogP contribution in [-0.2, 0) is 9.63 Å². The van der Waals surface area contributed by atoms with Gasteiger partial charge < -0.3 is 4.84 Å². The van der Waals surface area contributed by atoms with Gasteiger partial charge in [-0.2, -0.15) is 0 Å². The third kappa shape index (κ3) is 2.63. The Morgan fingerprint density at radius 3 is 2.83 bits per heavy atom. The predicted octanol–water partition coefficient (Wildman–Crippen LogP) is 2.85. The van der Waals surface area contributed by atoms with Crippen molar-refractivity contribution < 1.29 is 9.63 Å². The molecule has 1 atom stereocenters. The summed E-state index contributed by atoms with van der Waals surface area (Å²) in [4.78, 5) is 28.1. The molecule has 0 fully saturated rings. The summed E-state index contributed by atoms with van der Waals surface area (Å²) in [6, 6.07) is 11.5. The molecule has 0 radical (unpaired) electrons. The number of aromatic nitrogens is 2. The van der Waals surface area contributed by atoms with E-state index in [-0.39, 0.29) is 5.91 Å². The number of likely N-dealkylation sites (N-methyl/N-ethyl adjacent to an activating group) is 1. The van der Waals surface area contributed by atoms with Gasteiger partial charge in [0, 0.05) is 31.4 Å². The zero-order chi connectivity index (χ0) is 16.5. The minimum absolute atomic E-state index is 0.151. The Morgan fingerprint density at radius 2 is 2.04 bits per heavy atom. The van der Waals surface area contributed by atoms with Crippen molar-refractivity contribution in [3.05, 3.63) is 54.4 Å². The zero-order valence-electron chi connectivity index (χ0n) is 12.9. The van der Waals surface area contributed by atoms with E-state index in [0.29, 0.717) is 11.6 Å². The molecule has 1 amide bonds. The van der Waals surface area contributed by atoms with E-state index >= 15 is 0 Å². The quantitative estimate of drug-likeness (QED) is 0.736. The van der Waals surface area contributed by atoms with Gasteiger partial charge in [0.1, 0.15) is 0 Å². The van der Waals surface area contributed by atoms with Gasteiger partial charge in [-0.25, -0.2) is 4.98 Å². The molecule has 0 unspecified atom stereocenters. The molecule has 4 rings (SSSR count). The molecule has 0 saturated heterocycles. The molecule has 7 heteroatoms. The fourth-order valence-corrected chi connectivity index (χ4v) is 3.47. The number of hydrogen-bond acceptors (Lipinski definition) is 6. The number of hydrogen-bond donors (Lipinski definition) is 0. The predicted molar refractivity (Wildman–Crippen MR) is 93.3 cm³/mol. The molecule has 3 aromatic rings. The van der Waals surface area contributed by atoms with Crippen molar-refractivity contribution in [1.29, 1.82) is 0 Å². The van der Waals surface area contributed by atoms with Crippen molar-refractivity contribution in [3.63, 3.8) is 0 Å². The molecule has 1 aromatic carbocycles. The van der Waals surface area contributed by atoms with E-state index < -0.39 is 6.10 Å². The number of carbonyl (C=O) groups excluding carboxylic acids is 1. The lowest BCUT2D eigenvalue weighted by atomic mass is 10.1.